The largest absolute Gasteiger partial charge is 0.378 e. The first-order chi connectivity index (χ1) is 8.65. The lowest BCUT2D eigenvalue weighted by Gasteiger charge is -2.12. The minimum atomic E-state index is 0.745. The van der Waals surface area contributed by atoms with Gasteiger partial charge in [0, 0.05) is 31.7 Å². The lowest BCUT2D eigenvalue weighted by molar-refractivity contribution is 0.402. The van der Waals surface area contributed by atoms with Crippen molar-refractivity contribution in [1.82, 2.24) is 14.5 Å². The summed E-state index contributed by atoms with van der Waals surface area (Å²) in [5.74, 6) is 1.04. The molecule has 0 aliphatic rings. The summed E-state index contributed by atoms with van der Waals surface area (Å²) in [5.41, 5.74) is 2.45. The molecule has 2 aromatic rings. The van der Waals surface area contributed by atoms with Gasteiger partial charge >= 0.3 is 0 Å². The number of nitrogens with one attached hydrogen (secondary N) is 1. The van der Waals surface area contributed by atoms with Gasteiger partial charge in [-0.3, -0.25) is 0 Å². The first kappa shape index (κ1) is 12.6. The minimum absolute atomic E-state index is 0.745. The molecule has 18 heavy (non-hydrogen) atoms. The topological polar surface area (TPSA) is 33.1 Å². The number of benzene rings is 1. The summed E-state index contributed by atoms with van der Waals surface area (Å²) in [5, 5.41) is 3.40. The van der Waals surface area contributed by atoms with Crippen LogP contribution in [0.4, 0.5) is 5.69 Å². The molecule has 1 heterocycles. The van der Waals surface area contributed by atoms with Crippen LogP contribution in [0.25, 0.3) is 0 Å². The van der Waals surface area contributed by atoms with Crippen molar-refractivity contribution in [2.45, 2.75) is 13.1 Å². The lowest BCUT2D eigenvalue weighted by Crippen LogP contribution is -2.11. The normalized spacial score (nSPS) is 10.9. The van der Waals surface area contributed by atoms with E-state index in [1.165, 1.54) is 5.56 Å². The highest BCUT2D eigenvalue weighted by atomic mass is 15.1. The molecule has 0 saturated carbocycles. The molecule has 0 aliphatic carbocycles. The number of hydrogen-bond donors (Lipinski definition) is 1. The van der Waals surface area contributed by atoms with Gasteiger partial charge in [0.15, 0.2) is 0 Å². The predicted molar refractivity (Wildman–Crippen MR) is 74.4 cm³/mol. The Bertz CT molecular complexity index is 502. The molecule has 0 spiro atoms. The Labute approximate surface area is 108 Å². The maximum atomic E-state index is 4.29. The first-order valence-electron chi connectivity index (χ1n) is 6.09. The molecular weight excluding hydrogens is 224 g/mol. The molecule has 0 bridgehead atoms. The van der Waals surface area contributed by atoms with Crippen molar-refractivity contribution in [3.05, 3.63) is 48.0 Å². The van der Waals surface area contributed by atoms with Gasteiger partial charge < -0.3 is 14.8 Å². The average Bonchev–Trinajstić information content (AvgIpc) is 2.72. The highest BCUT2D eigenvalue weighted by Crippen LogP contribution is 2.12. The monoisotopic (exact) mass is 244 g/mol. The van der Waals surface area contributed by atoms with E-state index in [-0.39, 0.29) is 0 Å². The van der Waals surface area contributed by atoms with Crippen LogP contribution in [0.2, 0.25) is 0 Å². The molecule has 0 fully saturated rings. The van der Waals surface area contributed by atoms with E-state index >= 15 is 0 Å². The number of hydrogen-bond acceptors (Lipinski definition) is 3. The third kappa shape index (κ3) is 3.34. The highest BCUT2D eigenvalue weighted by Gasteiger charge is 2.00. The molecule has 4 nitrogen and oxygen atoms in total. The van der Waals surface area contributed by atoms with E-state index in [9.17, 15) is 0 Å². The summed E-state index contributed by atoms with van der Waals surface area (Å²) in [6.07, 6.45) is 3.78. The fraction of sp³-hybridized carbons (Fsp3) is 0.357. The molecule has 1 aromatic carbocycles. The van der Waals surface area contributed by atoms with Crippen LogP contribution in [-0.4, -0.2) is 28.5 Å². The smallest absolute Gasteiger partial charge is 0.127 e. The maximum absolute atomic E-state index is 4.29. The number of aryl methyl sites for hydroxylation is 1. The van der Waals surface area contributed by atoms with Crippen molar-refractivity contribution in [2.24, 2.45) is 7.05 Å². The second-order valence-electron chi connectivity index (χ2n) is 4.75. The second-order valence-corrected chi connectivity index (χ2v) is 4.75. The fourth-order valence-corrected chi connectivity index (χ4v) is 1.89. The Morgan fingerprint density at radius 1 is 1.33 bits per heavy atom. The molecule has 1 N–H and O–H groups in total. The van der Waals surface area contributed by atoms with Crippen molar-refractivity contribution in [2.75, 3.05) is 19.4 Å². The zero-order valence-electron chi connectivity index (χ0n) is 11.2. The van der Waals surface area contributed by atoms with Crippen LogP contribution in [0, 0.1) is 0 Å². The van der Waals surface area contributed by atoms with Gasteiger partial charge in [0.1, 0.15) is 5.82 Å². The molecule has 0 atom stereocenters. The van der Waals surface area contributed by atoms with E-state index in [2.05, 4.69) is 53.6 Å². The molecule has 4 heteroatoms. The zero-order valence-corrected chi connectivity index (χ0v) is 11.2. The Balaban J connectivity index is 1.99. The van der Waals surface area contributed by atoms with Gasteiger partial charge in [-0.1, -0.05) is 12.1 Å². The lowest BCUT2D eigenvalue weighted by atomic mass is 10.2. The highest BCUT2D eigenvalue weighted by molar-refractivity contribution is 5.45. The number of nitrogens with zero attached hydrogens (tertiary/aromatic N) is 3. The predicted octanol–water partition coefficient (Wildman–Crippen LogP) is 2.09. The molecule has 0 aliphatic heterocycles. The Morgan fingerprint density at radius 2 is 2.17 bits per heavy atom. The Hall–Kier alpha value is -1.81. The van der Waals surface area contributed by atoms with Gasteiger partial charge in [0.05, 0.1) is 6.54 Å². The third-order valence-electron chi connectivity index (χ3n) is 2.80. The van der Waals surface area contributed by atoms with Gasteiger partial charge in [0.2, 0.25) is 0 Å². The van der Waals surface area contributed by atoms with Crippen molar-refractivity contribution in [3.63, 3.8) is 0 Å². The van der Waals surface area contributed by atoms with Gasteiger partial charge in [0.25, 0.3) is 0 Å². The SMILES string of the molecule is CN(C)Cc1cccc(NCc2nccn2C)c1. The second kappa shape index (κ2) is 5.69. The van der Waals surface area contributed by atoms with E-state index in [0.717, 1.165) is 24.6 Å². The molecule has 0 radical (unpaired) electrons. The number of anilines is 1. The van der Waals surface area contributed by atoms with Crippen LogP contribution in [0.5, 0.6) is 0 Å². The summed E-state index contributed by atoms with van der Waals surface area (Å²) in [7, 11) is 6.16. The van der Waals surface area contributed by atoms with Crippen LogP contribution in [0.1, 0.15) is 11.4 Å². The average molecular weight is 244 g/mol. The van der Waals surface area contributed by atoms with Gasteiger partial charge in [-0.25, -0.2) is 4.98 Å². The minimum Gasteiger partial charge on any atom is -0.378 e. The van der Waals surface area contributed by atoms with Crippen molar-refractivity contribution < 1.29 is 0 Å². The van der Waals surface area contributed by atoms with Gasteiger partial charge in [-0.2, -0.15) is 0 Å². The molecule has 0 amide bonds. The Kier molecular flexibility index (Phi) is 3.99. The molecular formula is C14H20N4. The molecule has 96 valence electrons. The number of aromatic nitrogens is 2. The summed E-state index contributed by atoms with van der Waals surface area (Å²) in [6, 6.07) is 8.50. The van der Waals surface area contributed by atoms with Crippen LogP contribution in [-0.2, 0) is 20.1 Å². The molecule has 0 saturated heterocycles. The number of rotatable bonds is 5. The van der Waals surface area contributed by atoms with Crippen LogP contribution < -0.4 is 5.32 Å². The van der Waals surface area contributed by atoms with Gasteiger partial charge in [-0.15, -0.1) is 0 Å². The van der Waals surface area contributed by atoms with Gasteiger partial charge in [-0.05, 0) is 31.8 Å². The quantitative estimate of drug-likeness (QED) is 0.874. The summed E-state index contributed by atoms with van der Waals surface area (Å²) in [4.78, 5) is 6.46. The number of imidazole rings is 1. The maximum Gasteiger partial charge on any atom is 0.127 e. The van der Waals surface area contributed by atoms with E-state index in [1.54, 1.807) is 0 Å². The van der Waals surface area contributed by atoms with Crippen molar-refractivity contribution >= 4 is 5.69 Å². The zero-order chi connectivity index (χ0) is 13.0. The molecule has 0 unspecified atom stereocenters. The van der Waals surface area contributed by atoms with Crippen molar-refractivity contribution in [3.8, 4) is 0 Å². The molecule has 2 rings (SSSR count). The first-order valence-corrected chi connectivity index (χ1v) is 6.09. The fourth-order valence-electron chi connectivity index (χ4n) is 1.89. The Morgan fingerprint density at radius 3 is 2.83 bits per heavy atom. The van der Waals surface area contributed by atoms with Crippen LogP contribution in [0.15, 0.2) is 36.7 Å². The van der Waals surface area contributed by atoms with Crippen LogP contribution in [0.3, 0.4) is 0 Å². The van der Waals surface area contributed by atoms with E-state index in [4.69, 9.17) is 0 Å². The van der Waals surface area contributed by atoms with Crippen LogP contribution >= 0.6 is 0 Å². The summed E-state index contributed by atoms with van der Waals surface area (Å²) < 4.78 is 2.02. The standard InChI is InChI=1S/C14H20N4/c1-17(2)11-12-5-4-6-13(9-12)16-10-14-15-7-8-18(14)3/h4-9,16H,10-11H2,1-3H3. The van der Waals surface area contributed by atoms with Crippen molar-refractivity contribution in [1.29, 1.82) is 0 Å². The summed E-state index contributed by atoms with van der Waals surface area (Å²) >= 11 is 0. The summed E-state index contributed by atoms with van der Waals surface area (Å²) in [6.45, 7) is 1.70. The van der Waals surface area contributed by atoms with E-state index in [0.29, 0.717) is 0 Å². The molecule has 1 aromatic heterocycles. The third-order valence-corrected chi connectivity index (χ3v) is 2.80. The van der Waals surface area contributed by atoms with E-state index in [1.807, 2.05) is 24.0 Å². The van der Waals surface area contributed by atoms with E-state index < -0.39 is 0 Å².